The summed E-state index contributed by atoms with van der Waals surface area (Å²) in [6.07, 6.45) is 5.74. The molecule has 2 atom stereocenters. The van der Waals surface area contributed by atoms with E-state index in [1.165, 1.54) is 5.69 Å². The molecule has 5 saturated heterocycles. The van der Waals surface area contributed by atoms with Gasteiger partial charge in [-0.1, -0.05) is 11.6 Å². The number of hydrogen-bond donors (Lipinski definition) is 1. The van der Waals surface area contributed by atoms with Gasteiger partial charge in [0.25, 0.3) is 11.8 Å². The molecule has 1 aromatic heterocycles. The van der Waals surface area contributed by atoms with Crippen LogP contribution in [0.2, 0.25) is 5.02 Å². The molecule has 1 unspecified atom stereocenters. The second kappa shape index (κ2) is 14.5. The molecule has 56 heavy (non-hydrogen) atoms. The molecule has 0 bridgehead atoms. The Kier molecular flexibility index (Phi) is 9.46. The van der Waals surface area contributed by atoms with Crippen LogP contribution < -0.4 is 20.0 Å². The van der Waals surface area contributed by atoms with Crippen molar-refractivity contribution in [1.82, 2.24) is 25.0 Å². The van der Waals surface area contributed by atoms with Crippen molar-refractivity contribution in [2.45, 2.75) is 63.7 Å². The molecular formula is C42H46ClN9O4. The van der Waals surface area contributed by atoms with Crippen molar-refractivity contribution in [3.8, 4) is 6.07 Å². The zero-order chi connectivity index (χ0) is 38.7. The van der Waals surface area contributed by atoms with Crippen molar-refractivity contribution < 1.29 is 19.2 Å². The Morgan fingerprint density at radius 3 is 2.30 bits per heavy atom. The summed E-state index contributed by atoms with van der Waals surface area (Å²) in [5, 5.41) is 12.0. The molecule has 2 aromatic carbocycles. The minimum atomic E-state index is -0.961. The molecule has 9 rings (SSSR count). The number of imide groups is 2. The number of piperazine rings is 1. The molecule has 1 spiro atoms. The molecule has 0 radical (unpaired) electrons. The van der Waals surface area contributed by atoms with Gasteiger partial charge in [-0.25, -0.2) is 0 Å². The number of benzene rings is 2. The van der Waals surface area contributed by atoms with Crippen LogP contribution in [-0.4, -0.2) is 120 Å². The van der Waals surface area contributed by atoms with Crippen molar-refractivity contribution in [2.75, 3.05) is 73.6 Å². The third-order valence-electron chi connectivity index (χ3n) is 13.1. The standard InChI is InChI=1S/C42H46ClN9O4/c1-27-20-42(26-51(27)31-4-2-28(21-44)36(43)19-31)10-12-48(13-11-42)32-5-3-29(45-22-32)23-47-14-16-49(17-15-47)33-24-50(25-33)30-6-7-34-35(18-30)41(56)52(40(34)55)37-8-9-38(53)46-39(37)54/h2-7,18-19,22,27,33,37H,8-17,20,23-26H2,1H3,(H,46,53,54)/t27-,37?/m0/s1. The Hall–Kier alpha value is -5.03. The number of amides is 4. The summed E-state index contributed by atoms with van der Waals surface area (Å²) in [6, 6.07) is 17.6. The van der Waals surface area contributed by atoms with Crippen LogP contribution >= 0.6 is 11.6 Å². The van der Waals surface area contributed by atoms with Crippen LogP contribution in [0.25, 0.3) is 0 Å². The van der Waals surface area contributed by atoms with Gasteiger partial charge < -0.3 is 14.7 Å². The topological polar surface area (TPSA) is 136 Å². The smallest absolute Gasteiger partial charge is 0.262 e. The number of pyridine rings is 1. The van der Waals surface area contributed by atoms with E-state index >= 15 is 0 Å². The molecule has 3 aromatic rings. The van der Waals surface area contributed by atoms with Gasteiger partial charge in [-0.15, -0.1) is 0 Å². The summed E-state index contributed by atoms with van der Waals surface area (Å²) in [7, 11) is 0. The van der Waals surface area contributed by atoms with Gasteiger partial charge in [-0.3, -0.25) is 44.2 Å². The minimum Gasteiger partial charge on any atom is -0.370 e. The second-order valence-corrected chi connectivity index (χ2v) is 16.9. The van der Waals surface area contributed by atoms with Crippen molar-refractivity contribution in [3.63, 3.8) is 0 Å². The number of fused-ring (bicyclic) bond motifs is 1. The Bertz CT molecular complexity index is 2120. The van der Waals surface area contributed by atoms with Crippen LogP contribution in [-0.2, 0) is 16.1 Å². The fraction of sp³-hybridized carbons (Fsp3) is 0.476. The third kappa shape index (κ3) is 6.67. The molecule has 0 saturated carbocycles. The highest BCUT2D eigenvalue weighted by Crippen LogP contribution is 2.46. The van der Waals surface area contributed by atoms with Crippen molar-refractivity contribution in [2.24, 2.45) is 5.41 Å². The normalized spacial score (nSPS) is 24.4. The average molecular weight is 776 g/mol. The Balaban J connectivity index is 0.725. The summed E-state index contributed by atoms with van der Waals surface area (Å²) < 4.78 is 0. The van der Waals surface area contributed by atoms with E-state index < -0.39 is 23.8 Å². The molecule has 0 aliphatic carbocycles. The number of piperidine rings is 2. The third-order valence-corrected chi connectivity index (χ3v) is 13.4. The number of carbonyl (C=O) groups excluding carboxylic acids is 4. The Morgan fingerprint density at radius 2 is 1.61 bits per heavy atom. The number of nitrogens with zero attached hydrogens (tertiary/aromatic N) is 8. The molecule has 4 amide bonds. The summed E-state index contributed by atoms with van der Waals surface area (Å²) in [5.74, 6) is -1.94. The lowest BCUT2D eigenvalue weighted by Gasteiger charge is -2.49. The number of rotatable bonds is 7. The molecular weight excluding hydrogens is 730 g/mol. The van der Waals surface area contributed by atoms with Crippen LogP contribution in [0.4, 0.5) is 17.1 Å². The van der Waals surface area contributed by atoms with Crippen LogP contribution in [0.3, 0.4) is 0 Å². The maximum Gasteiger partial charge on any atom is 0.262 e. The molecule has 290 valence electrons. The van der Waals surface area contributed by atoms with Crippen LogP contribution in [0.5, 0.6) is 0 Å². The predicted molar refractivity (Wildman–Crippen MR) is 212 cm³/mol. The van der Waals surface area contributed by atoms with Crippen molar-refractivity contribution in [1.29, 1.82) is 5.26 Å². The maximum absolute atomic E-state index is 13.3. The molecule has 6 aliphatic rings. The zero-order valence-electron chi connectivity index (χ0n) is 31.6. The van der Waals surface area contributed by atoms with E-state index in [9.17, 15) is 24.4 Å². The predicted octanol–water partition coefficient (Wildman–Crippen LogP) is 3.90. The first-order valence-corrected chi connectivity index (χ1v) is 20.2. The van der Waals surface area contributed by atoms with E-state index in [4.69, 9.17) is 16.6 Å². The Morgan fingerprint density at radius 1 is 0.875 bits per heavy atom. The van der Waals surface area contributed by atoms with Gasteiger partial charge in [-0.2, -0.15) is 5.26 Å². The fourth-order valence-electron chi connectivity index (χ4n) is 9.80. The number of anilines is 3. The van der Waals surface area contributed by atoms with E-state index in [-0.39, 0.29) is 24.2 Å². The second-order valence-electron chi connectivity index (χ2n) is 16.5. The molecule has 14 heteroatoms. The highest BCUT2D eigenvalue weighted by Gasteiger charge is 2.46. The quantitative estimate of drug-likeness (QED) is 0.350. The van der Waals surface area contributed by atoms with E-state index in [1.54, 1.807) is 12.1 Å². The number of aromatic nitrogens is 1. The highest BCUT2D eigenvalue weighted by molar-refractivity contribution is 6.32. The Labute approximate surface area is 331 Å². The number of hydrogen-bond acceptors (Lipinski definition) is 11. The lowest BCUT2D eigenvalue weighted by atomic mass is 9.76. The molecule has 5 fully saturated rings. The van der Waals surface area contributed by atoms with E-state index in [0.717, 1.165) is 107 Å². The van der Waals surface area contributed by atoms with Crippen LogP contribution in [0.15, 0.2) is 54.7 Å². The van der Waals surface area contributed by atoms with Gasteiger partial charge in [0.2, 0.25) is 11.8 Å². The summed E-state index contributed by atoms with van der Waals surface area (Å²) in [4.78, 5) is 68.5. The number of nitrogens with one attached hydrogen (secondary N) is 1. The fourth-order valence-corrected chi connectivity index (χ4v) is 10.0. The average Bonchev–Trinajstić information content (AvgIpc) is 3.63. The molecule has 13 nitrogen and oxygen atoms in total. The van der Waals surface area contributed by atoms with E-state index in [2.05, 4.69) is 54.9 Å². The largest absolute Gasteiger partial charge is 0.370 e. The summed E-state index contributed by atoms with van der Waals surface area (Å²) in [5.41, 5.74) is 5.71. The van der Waals surface area contributed by atoms with Gasteiger partial charge in [0.15, 0.2) is 0 Å². The minimum absolute atomic E-state index is 0.101. The van der Waals surface area contributed by atoms with Crippen LogP contribution in [0, 0.1) is 16.7 Å². The molecule has 7 heterocycles. The zero-order valence-corrected chi connectivity index (χ0v) is 32.4. The van der Waals surface area contributed by atoms with Gasteiger partial charge in [0.05, 0.1) is 39.3 Å². The molecule has 1 N–H and O–H groups in total. The number of carbonyl (C=O) groups is 4. The van der Waals surface area contributed by atoms with Gasteiger partial charge in [0, 0.05) is 95.3 Å². The number of halogens is 1. The first kappa shape index (κ1) is 36.6. The van der Waals surface area contributed by atoms with Crippen molar-refractivity contribution >= 4 is 52.3 Å². The van der Waals surface area contributed by atoms with Gasteiger partial charge in [0.1, 0.15) is 12.1 Å². The van der Waals surface area contributed by atoms with Gasteiger partial charge in [-0.05, 0) is 86.6 Å². The SMILES string of the molecule is C[C@H]1CC2(CCN(c3ccc(CN4CCN(C5CN(c6ccc7c(c6)C(=O)N(C6CCC(=O)NC6=O)C7=O)C5)CC4)nc3)CC2)CN1c1ccc(C#N)c(Cl)c1. The lowest BCUT2D eigenvalue weighted by Crippen LogP contribution is -2.63. The molecule has 6 aliphatic heterocycles. The first-order chi connectivity index (χ1) is 27.1. The monoisotopic (exact) mass is 775 g/mol. The summed E-state index contributed by atoms with van der Waals surface area (Å²) in [6.45, 7) is 11.8. The van der Waals surface area contributed by atoms with Crippen molar-refractivity contribution in [3.05, 3.63) is 82.1 Å². The van der Waals surface area contributed by atoms with E-state index in [0.29, 0.717) is 33.8 Å². The first-order valence-electron chi connectivity index (χ1n) is 19.8. The number of nitriles is 1. The van der Waals surface area contributed by atoms with E-state index in [1.807, 2.05) is 30.5 Å². The summed E-state index contributed by atoms with van der Waals surface area (Å²) >= 11 is 6.38. The maximum atomic E-state index is 13.3. The van der Waals surface area contributed by atoms with Gasteiger partial charge >= 0.3 is 0 Å². The lowest BCUT2D eigenvalue weighted by molar-refractivity contribution is -0.136. The highest BCUT2D eigenvalue weighted by atomic mass is 35.5. The van der Waals surface area contributed by atoms with Crippen LogP contribution in [0.1, 0.15) is 71.0 Å².